The maximum absolute atomic E-state index is 8.90. The molecule has 0 atom stereocenters. The van der Waals surface area contributed by atoms with Gasteiger partial charge in [-0.05, 0) is 36.4 Å². The fraction of sp³-hybridized carbons (Fsp3) is 0.0714. The van der Waals surface area contributed by atoms with Crippen LogP contribution in [0.3, 0.4) is 0 Å². The summed E-state index contributed by atoms with van der Waals surface area (Å²) in [5.74, 6) is 0.995. The number of anilines is 1. The van der Waals surface area contributed by atoms with Crippen LogP contribution in [-0.2, 0) is 5.88 Å². The average Bonchev–Trinajstić information content (AvgIpc) is 2.86. The Morgan fingerprint density at radius 2 is 1.81 bits per heavy atom. The largest absolute Gasteiger partial charge is 0.506 e. The third-order valence-corrected chi connectivity index (χ3v) is 3.71. The zero-order valence-electron chi connectivity index (χ0n) is 10.7. The molecule has 1 heterocycles. The van der Waals surface area contributed by atoms with Gasteiger partial charge in [-0.25, -0.2) is 4.98 Å². The summed E-state index contributed by atoms with van der Waals surface area (Å²) in [5.41, 5.74) is 7.34. The number of aromatic nitrogens is 1. The van der Waals surface area contributed by atoms with Crippen LogP contribution in [0.2, 0.25) is 0 Å². The van der Waals surface area contributed by atoms with Crippen LogP contribution >= 0.6 is 43.5 Å². The number of phenols is 1. The first-order valence-electron chi connectivity index (χ1n) is 5.84. The van der Waals surface area contributed by atoms with Gasteiger partial charge in [0.1, 0.15) is 11.3 Å². The lowest BCUT2D eigenvalue weighted by molar-refractivity contribution is 0.478. The molecule has 1 aromatic heterocycles. The number of hydrogen-bond acceptors (Lipinski definition) is 4. The van der Waals surface area contributed by atoms with E-state index in [0.29, 0.717) is 17.5 Å². The molecule has 3 aromatic rings. The molecule has 0 saturated carbocycles. The molecule has 0 amide bonds. The molecule has 0 radical (unpaired) electrons. The van der Waals surface area contributed by atoms with E-state index in [4.69, 9.17) is 26.9 Å². The zero-order valence-corrected chi connectivity index (χ0v) is 14.6. The maximum Gasteiger partial charge on any atom is 0.210 e. The highest BCUT2D eigenvalue weighted by Gasteiger charge is 2.03. The summed E-state index contributed by atoms with van der Waals surface area (Å²) in [6.45, 7) is 0. The Labute approximate surface area is 143 Å². The minimum absolute atomic E-state index is 0.123. The minimum atomic E-state index is 0.123. The molecule has 0 bridgehead atoms. The SMILES string of the molecule is ClCc1nc2cc(Br)ccc2o1.Nc1cc(Br)ccc1O. The molecule has 0 unspecified atom stereocenters. The second-order valence-corrected chi connectivity index (χ2v) is 6.16. The predicted molar refractivity (Wildman–Crippen MR) is 91.5 cm³/mol. The van der Waals surface area contributed by atoms with Crippen molar-refractivity contribution >= 4 is 60.2 Å². The van der Waals surface area contributed by atoms with Crippen LogP contribution in [0.1, 0.15) is 5.89 Å². The molecule has 4 nitrogen and oxygen atoms in total. The highest BCUT2D eigenvalue weighted by atomic mass is 79.9. The van der Waals surface area contributed by atoms with Crippen molar-refractivity contribution in [2.45, 2.75) is 5.88 Å². The van der Waals surface area contributed by atoms with Gasteiger partial charge in [0.05, 0.1) is 11.6 Å². The Kier molecular flexibility index (Phi) is 5.50. The van der Waals surface area contributed by atoms with Gasteiger partial charge in [-0.15, -0.1) is 11.6 Å². The van der Waals surface area contributed by atoms with Crippen molar-refractivity contribution in [2.75, 3.05) is 5.73 Å². The summed E-state index contributed by atoms with van der Waals surface area (Å²) in [4.78, 5) is 4.16. The van der Waals surface area contributed by atoms with Crippen molar-refractivity contribution in [2.24, 2.45) is 0 Å². The lowest BCUT2D eigenvalue weighted by Gasteiger charge is -1.96. The van der Waals surface area contributed by atoms with Gasteiger partial charge in [-0.2, -0.15) is 0 Å². The third-order valence-electron chi connectivity index (χ3n) is 2.50. The number of fused-ring (bicyclic) bond motifs is 1. The van der Waals surface area contributed by atoms with Crippen LogP contribution in [0, 0.1) is 0 Å². The van der Waals surface area contributed by atoms with Gasteiger partial charge in [-0.1, -0.05) is 31.9 Å². The number of hydrogen-bond donors (Lipinski definition) is 2. The number of benzene rings is 2. The first-order valence-corrected chi connectivity index (χ1v) is 7.96. The number of oxazole rings is 1. The van der Waals surface area contributed by atoms with E-state index in [0.717, 1.165) is 20.0 Å². The number of nitrogens with two attached hydrogens (primary N) is 1. The Balaban J connectivity index is 0.000000161. The Hall–Kier alpha value is -1.24. The van der Waals surface area contributed by atoms with Crippen molar-refractivity contribution in [3.05, 3.63) is 51.2 Å². The molecular formula is C14H11Br2ClN2O2. The summed E-state index contributed by atoms with van der Waals surface area (Å²) in [5, 5.41) is 8.90. The topological polar surface area (TPSA) is 72.3 Å². The first-order chi connectivity index (χ1) is 9.99. The molecule has 3 rings (SSSR count). The van der Waals surface area contributed by atoms with Crippen molar-refractivity contribution in [3.63, 3.8) is 0 Å². The lowest BCUT2D eigenvalue weighted by atomic mass is 10.3. The van der Waals surface area contributed by atoms with E-state index < -0.39 is 0 Å². The first kappa shape index (κ1) is 16.1. The number of alkyl halides is 1. The van der Waals surface area contributed by atoms with Crippen molar-refractivity contribution in [1.82, 2.24) is 4.98 Å². The number of nitrogens with zero attached hydrogens (tertiary/aromatic N) is 1. The minimum Gasteiger partial charge on any atom is -0.506 e. The fourth-order valence-corrected chi connectivity index (χ4v) is 2.37. The highest BCUT2D eigenvalue weighted by Crippen LogP contribution is 2.23. The van der Waals surface area contributed by atoms with Crippen LogP contribution in [0.25, 0.3) is 11.1 Å². The van der Waals surface area contributed by atoms with E-state index in [1.54, 1.807) is 18.2 Å². The number of rotatable bonds is 1. The van der Waals surface area contributed by atoms with Gasteiger partial charge in [0.15, 0.2) is 5.58 Å². The van der Waals surface area contributed by atoms with Gasteiger partial charge in [0, 0.05) is 8.95 Å². The van der Waals surface area contributed by atoms with Gasteiger partial charge < -0.3 is 15.3 Å². The van der Waals surface area contributed by atoms with Gasteiger partial charge in [0.2, 0.25) is 5.89 Å². The molecule has 0 aliphatic heterocycles. The van der Waals surface area contributed by atoms with Crippen LogP contribution in [0.15, 0.2) is 49.8 Å². The number of halogens is 3. The lowest BCUT2D eigenvalue weighted by Crippen LogP contribution is -1.83. The highest BCUT2D eigenvalue weighted by molar-refractivity contribution is 9.10. The van der Waals surface area contributed by atoms with E-state index >= 15 is 0 Å². The number of nitrogen functional groups attached to an aromatic ring is 1. The van der Waals surface area contributed by atoms with E-state index in [9.17, 15) is 0 Å². The second-order valence-electron chi connectivity index (χ2n) is 4.06. The molecule has 0 spiro atoms. The van der Waals surface area contributed by atoms with Crippen LogP contribution in [0.5, 0.6) is 5.75 Å². The molecule has 0 aliphatic rings. The monoisotopic (exact) mass is 432 g/mol. The molecule has 2 aromatic carbocycles. The van der Waals surface area contributed by atoms with Crippen LogP contribution < -0.4 is 5.73 Å². The molecule has 21 heavy (non-hydrogen) atoms. The third kappa shape index (κ3) is 4.36. The van der Waals surface area contributed by atoms with E-state index in [1.165, 1.54) is 0 Å². The Morgan fingerprint density at radius 1 is 1.14 bits per heavy atom. The summed E-state index contributed by atoms with van der Waals surface area (Å²) in [6, 6.07) is 10.6. The van der Waals surface area contributed by atoms with Crippen molar-refractivity contribution < 1.29 is 9.52 Å². The summed E-state index contributed by atoms with van der Waals surface area (Å²) in [6.07, 6.45) is 0. The van der Waals surface area contributed by atoms with E-state index in [-0.39, 0.29) is 5.75 Å². The van der Waals surface area contributed by atoms with Crippen LogP contribution in [-0.4, -0.2) is 10.1 Å². The van der Waals surface area contributed by atoms with Crippen molar-refractivity contribution in [1.29, 1.82) is 0 Å². The number of aromatic hydroxyl groups is 1. The normalized spacial score (nSPS) is 10.2. The van der Waals surface area contributed by atoms with E-state index in [1.807, 2.05) is 18.2 Å². The molecule has 3 N–H and O–H groups in total. The van der Waals surface area contributed by atoms with Gasteiger partial charge in [0.25, 0.3) is 0 Å². The standard InChI is InChI=1S/C8H5BrClNO.C6H6BrNO/c9-5-1-2-7-6(3-5)11-8(4-10)12-7;7-4-1-2-6(9)5(8)3-4/h1-3H,4H2;1-3,9H,8H2. The van der Waals surface area contributed by atoms with Gasteiger partial charge in [-0.3, -0.25) is 0 Å². The molecule has 0 fully saturated rings. The smallest absolute Gasteiger partial charge is 0.210 e. The quantitative estimate of drug-likeness (QED) is 0.319. The molecule has 0 aliphatic carbocycles. The molecule has 7 heteroatoms. The van der Waals surface area contributed by atoms with Crippen molar-refractivity contribution in [3.8, 4) is 5.75 Å². The number of phenolic OH excluding ortho intramolecular Hbond substituents is 1. The Morgan fingerprint density at radius 3 is 2.43 bits per heavy atom. The molecular weight excluding hydrogens is 423 g/mol. The fourth-order valence-electron chi connectivity index (χ4n) is 1.53. The van der Waals surface area contributed by atoms with Crippen LogP contribution in [0.4, 0.5) is 5.69 Å². The van der Waals surface area contributed by atoms with Gasteiger partial charge >= 0.3 is 0 Å². The second kappa shape index (κ2) is 7.15. The molecule has 0 saturated heterocycles. The molecule has 110 valence electrons. The summed E-state index contributed by atoms with van der Waals surface area (Å²) >= 11 is 12.1. The zero-order chi connectivity index (χ0) is 15.4. The summed E-state index contributed by atoms with van der Waals surface area (Å²) < 4.78 is 7.17. The predicted octanol–water partition coefficient (Wildman–Crippen LogP) is 5.07. The summed E-state index contributed by atoms with van der Waals surface area (Å²) in [7, 11) is 0. The Bertz CT molecular complexity index is 762. The average molecular weight is 435 g/mol. The van der Waals surface area contributed by atoms with E-state index in [2.05, 4.69) is 36.8 Å². The maximum atomic E-state index is 8.90.